The Kier molecular flexibility index (Phi) is 4.04. The quantitative estimate of drug-likeness (QED) is 0.849. The van der Waals surface area contributed by atoms with Gasteiger partial charge in [0.15, 0.2) is 0 Å². The number of halogens is 2. The highest BCUT2D eigenvalue weighted by Gasteiger charge is 2.40. The van der Waals surface area contributed by atoms with Crippen LogP contribution in [0.25, 0.3) is 0 Å². The summed E-state index contributed by atoms with van der Waals surface area (Å²) in [6.45, 7) is -0.614. The van der Waals surface area contributed by atoms with Crippen molar-refractivity contribution < 1.29 is 27.1 Å². The molecule has 1 aromatic rings. The molecule has 0 spiro atoms. The summed E-state index contributed by atoms with van der Waals surface area (Å²) in [6, 6.07) is -1.11. The van der Waals surface area contributed by atoms with Crippen LogP contribution in [0.2, 0.25) is 0 Å². The van der Waals surface area contributed by atoms with Crippen LogP contribution in [0.3, 0.4) is 0 Å². The molecular formula is C10H13F2N3O4S. The number of carboxylic acid groups (broad SMARTS) is 1. The third kappa shape index (κ3) is 2.80. The number of sulfonamides is 1. The molecule has 20 heavy (non-hydrogen) atoms. The van der Waals surface area contributed by atoms with Crippen molar-refractivity contribution in [3.8, 4) is 0 Å². The van der Waals surface area contributed by atoms with Gasteiger partial charge < -0.3 is 5.11 Å². The fourth-order valence-electron chi connectivity index (χ4n) is 2.13. The fourth-order valence-corrected chi connectivity index (χ4v) is 3.74. The fraction of sp³-hybridized carbons (Fsp3) is 0.600. The molecule has 0 saturated carbocycles. The molecule has 1 saturated heterocycles. The zero-order valence-corrected chi connectivity index (χ0v) is 11.1. The van der Waals surface area contributed by atoms with Crippen molar-refractivity contribution in [2.24, 2.45) is 0 Å². The molecule has 112 valence electrons. The van der Waals surface area contributed by atoms with Crippen molar-refractivity contribution in [3.63, 3.8) is 0 Å². The molecule has 2 heterocycles. The summed E-state index contributed by atoms with van der Waals surface area (Å²) in [7, 11) is -4.02. The van der Waals surface area contributed by atoms with Gasteiger partial charge in [-0.1, -0.05) is 0 Å². The number of carboxylic acids is 1. The normalized spacial score (nSPS) is 20.6. The van der Waals surface area contributed by atoms with Crippen molar-refractivity contribution in [2.45, 2.75) is 36.7 Å². The van der Waals surface area contributed by atoms with Crippen molar-refractivity contribution in [2.75, 3.05) is 6.54 Å². The molecule has 2 rings (SSSR count). The van der Waals surface area contributed by atoms with E-state index in [9.17, 15) is 22.0 Å². The molecule has 1 fully saturated rings. The summed E-state index contributed by atoms with van der Waals surface area (Å²) in [4.78, 5) is 10.7. The first-order chi connectivity index (χ1) is 9.32. The first-order valence-corrected chi connectivity index (χ1v) is 7.31. The summed E-state index contributed by atoms with van der Waals surface area (Å²) < 4.78 is 50.6. The second-order valence-corrected chi connectivity index (χ2v) is 6.29. The number of hydrogen-bond donors (Lipinski definition) is 1. The molecule has 7 nitrogen and oxygen atoms in total. The number of hydrogen-bond acceptors (Lipinski definition) is 4. The van der Waals surface area contributed by atoms with E-state index in [0.717, 1.165) is 21.4 Å². The minimum absolute atomic E-state index is 0.0966. The predicted molar refractivity (Wildman–Crippen MR) is 62.8 cm³/mol. The molecule has 1 N–H and O–H groups in total. The van der Waals surface area contributed by atoms with E-state index in [2.05, 4.69) is 5.10 Å². The van der Waals surface area contributed by atoms with Gasteiger partial charge in [0.05, 0.1) is 6.20 Å². The Bertz CT molecular complexity index is 601. The molecule has 10 heteroatoms. The minimum atomic E-state index is -4.02. The molecule has 1 aliphatic heterocycles. The van der Waals surface area contributed by atoms with E-state index in [1.165, 1.54) is 0 Å². The number of aromatic nitrogens is 2. The van der Waals surface area contributed by atoms with Crippen molar-refractivity contribution >= 4 is 16.0 Å². The summed E-state index contributed by atoms with van der Waals surface area (Å²) in [5.41, 5.74) is 0. The average Bonchev–Trinajstić information content (AvgIpc) is 2.95. The third-order valence-corrected chi connectivity index (χ3v) is 4.89. The van der Waals surface area contributed by atoms with Gasteiger partial charge in [-0.05, 0) is 12.8 Å². The lowest BCUT2D eigenvalue weighted by molar-refractivity contribution is -0.140. The smallest absolute Gasteiger partial charge is 0.322 e. The zero-order valence-electron chi connectivity index (χ0n) is 10.3. The Labute approximate surface area is 113 Å². The highest BCUT2D eigenvalue weighted by Crippen LogP contribution is 2.26. The molecular weight excluding hydrogens is 296 g/mol. The minimum Gasteiger partial charge on any atom is -0.480 e. The van der Waals surface area contributed by atoms with E-state index in [1.807, 2.05) is 0 Å². The molecule has 0 bridgehead atoms. The number of alkyl halides is 2. The SMILES string of the molecule is O=C(O)[C@H]1CCCN1S(=O)(=O)c1cnn(CC(F)F)c1. The number of nitrogens with zero attached hydrogens (tertiary/aromatic N) is 3. The van der Waals surface area contributed by atoms with E-state index in [-0.39, 0.29) is 17.9 Å². The van der Waals surface area contributed by atoms with Crippen LogP contribution in [-0.2, 0) is 21.4 Å². The lowest BCUT2D eigenvalue weighted by Gasteiger charge is -2.19. The Morgan fingerprint density at radius 1 is 1.55 bits per heavy atom. The van der Waals surface area contributed by atoms with Crippen molar-refractivity contribution in [1.82, 2.24) is 14.1 Å². The van der Waals surface area contributed by atoms with Gasteiger partial charge in [-0.3, -0.25) is 9.48 Å². The zero-order chi connectivity index (χ0) is 14.9. The van der Waals surface area contributed by atoms with Gasteiger partial charge in [0.25, 0.3) is 6.43 Å². The summed E-state index contributed by atoms with van der Waals surface area (Å²) in [5, 5.41) is 12.5. The van der Waals surface area contributed by atoms with Crippen LogP contribution in [0.1, 0.15) is 12.8 Å². The van der Waals surface area contributed by atoms with Gasteiger partial charge in [0.2, 0.25) is 10.0 Å². The molecule has 0 amide bonds. The van der Waals surface area contributed by atoms with E-state index in [1.54, 1.807) is 0 Å². The van der Waals surface area contributed by atoms with Crippen LogP contribution in [0, 0.1) is 0 Å². The lowest BCUT2D eigenvalue weighted by atomic mass is 10.2. The van der Waals surface area contributed by atoms with Crippen LogP contribution in [0.4, 0.5) is 8.78 Å². The largest absolute Gasteiger partial charge is 0.480 e. The summed E-state index contributed by atoms with van der Waals surface area (Å²) >= 11 is 0. The molecule has 0 unspecified atom stereocenters. The lowest BCUT2D eigenvalue weighted by Crippen LogP contribution is -2.40. The van der Waals surface area contributed by atoms with Crippen LogP contribution in [0.15, 0.2) is 17.3 Å². The molecule has 0 aliphatic carbocycles. The van der Waals surface area contributed by atoms with Crippen LogP contribution in [0.5, 0.6) is 0 Å². The maximum Gasteiger partial charge on any atom is 0.322 e. The first-order valence-electron chi connectivity index (χ1n) is 5.87. The Morgan fingerprint density at radius 3 is 2.85 bits per heavy atom. The monoisotopic (exact) mass is 309 g/mol. The standard InChI is InChI=1S/C10H13F2N3O4S/c11-9(12)6-14-5-7(4-13-14)20(18,19)15-3-1-2-8(15)10(16)17/h4-5,8-9H,1-3,6H2,(H,16,17)/t8-/m1/s1. The number of carbonyl (C=O) groups is 1. The van der Waals surface area contributed by atoms with Crippen molar-refractivity contribution in [3.05, 3.63) is 12.4 Å². The number of aliphatic carboxylic acids is 1. The topological polar surface area (TPSA) is 92.5 Å². The van der Waals surface area contributed by atoms with Crippen LogP contribution < -0.4 is 0 Å². The van der Waals surface area contributed by atoms with Gasteiger partial charge in [0, 0.05) is 12.7 Å². The van der Waals surface area contributed by atoms with E-state index in [4.69, 9.17) is 5.11 Å². The van der Waals surface area contributed by atoms with Gasteiger partial charge in [-0.25, -0.2) is 17.2 Å². The van der Waals surface area contributed by atoms with Gasteiger partial charge >= 0.3 is 5.97 Å². The highest BCUT2D eigenvalue weighted by atomic mass is 32.2. The molecule has 1 atom stereocenters. The summed E-state index contributed by atoms with van der Waals surface area (Å²) in [5.74, 6) is -1.22. The molecule has 1 aromatic heterocycles. The average molecular weight is 309 g/mol. The summed E-state index contributed by atoms with van der Waals surface area (Å²) in [6.07, 6.45) is -0.0293. The molecule has 1 aliphatic rings. The van der Waals surface area contributed by atoms with Gasteiger partial charge in [-0.2, -0.15) is 9.40 Å². The van der Waals surface area contributed by atoms with Crippen molar-refractivity contribution in [1.29, 1.82) is 0 Å². The van der Waals surface area contributed by atoms with Gasteiger partial charge in [-0.15, -0.1) is 0 Å². The Hall–Kier alpha value is -1.55. The predicted octanol–water partition coefficient (Wildman–Crippen LogP) is 0.386. The molecule has 0 aromatic carbocycles. The number of rotatable bonds is 5. The third-order valence-electron chi connectivity index (χ3n) is 3.03. The molecule has 0 radical (unpaired) electrons. The van der Waals surface area contributed by atoms with E-state index < -0.39 is 35.0 Å². The van der Waals surface area contributed by atoms with E-state index in [0.29, 0.717) is 6.42 Å². The Morgan fingerprint density at radius 2 is 2.25 bits per heavy atom. The highest BCUT2D eigenvalue weighted by molar-refractivity contribution is 7.89. The Balaban J connectivity index is 2.26. The second-order valence-electron chi connectivity index (χ2n) is 4.40. The van der Waals surface area contributed by atoms with Crippen LogP contribution >= 0.6 is 0 Å². The first kappa shape index (κ1) is 14.9. The maximum absolute atomic E-state index is 12.3. The second kappa shape index (κ2) is 5.44. The van der Waals surface area contributed by atoms with E-state index >= 15 is 0 Å². The van der Waals surface area contributed by atoms with Gasteiger partial charge in [0.1, 0.15) is 17.5 Å². The maximum atomic E-state index is 12.3. The van der Waals surface area contributed by atoms with Crippen LogP contribution in [-0.4, -0.2) is 52.6 Å².